The third-order valence-corrected chi connectivity index (χ3v) is 2.83. The third-order valence-electron chi connectivity index (χ3n) is 2.83. The molecule has 66 valence electrons. The second kappa shape index (κ2) is 3.57. The molecular weight excluding hydrogens is 134 g/mol. The molecule has 1 N–H and O–H groups in total. The van der Waals surface area contributed by atoms with Crippen LogP contribution in [0.4, 0.5) is 0 Å². The van der Waals surface area contributed by atoms with Crippen molar-refractivity contribution >= 4 is 0 Å². The molecule has 0 atom stereocenters. The number of hydrogen-bond acceptors (Lipinski definition) is 1. The van der Waals surface area contributed by atoms with Crippen LogP contribution in [0.15, 0.2) is 0 Å². The highest BCUT2D eigenvalue weighted by atomic mass is 15.0. The monoisotopic (exact) mass is 155 g/mol. The van der Waals surface area contributed by atoms with Crippen molar-refractivity contribution in [3.63, 3.8) is 0 Å². The molecule has 1 aliphatic carbocycles. The van der Waals surface area contributed by atoms with Crippen molar-refractivity contribution in [2.24, 2.45) is 0 Å². The van der Waals surface area contributed by atoms with Crippen LogP contribution in [-0.2, 0) is 0 Å². The van der Waals surface area contributed by atoms with Gasteiger partial charge in [-0.25, -0.2) is 0 Å². The zero-order valence-electron chi connectivity index (χ0n) is 8.11. The molecule has 1 nitrogen and oxygen atoms in total. The topological polar surface area (TPSA) is 12.0 Å². The van der Waals surface area contributed by atoms with Gasteiger partial charge in [-0.2, -0.15) is 0 Å². The quantitative estimate of drug-likeness (QED) is 0.660. The molecule has 11 heavy (non-hydrogen) atoms. The summed E-state index contributed by atoms with van der Waals surface area (Å²) in [4.78, 5) is 0. The Morgan fingerprint density at radius 3 is 2.18 bits per heavy atom. The smallest absolute Gasteiger partial charge is 0.0181 e. The lowest BCUT2D eigenvalue weighted by Crippen LogP contribution is -2.45. The van der Waals surface area contributed by atoms with E-state index in [0.29, 0.717) is 11.6 Å². The Bertz CT molecular complexity index is 112. The molecular formula is C10H21N. The van der Waals surface area contributed by atoms with Crippen LogP contribution >= 0.6 is 0 Å². The second-order valence-corrected chi connectivity index (χ2v) is 4.14. The maximum absolute atomic E-state index is 3.70. The molecule has 0 unspecified atom stereocenters. The normalized spacial score (nSPS) is 22.9. The minimum absolute atomic E-state index is 0.508. The van der Waals surface area contributed by atoms with Gasteiger partial charge in [0.2, 0.25) is 0 Å². The molecule has 1 rings (SSSR count). The van der Waals surface area contributed by atoms with E-state index in [1.165, 1.54) is 32.1 Å². The summed E-state index contributed by atoms with van der Waals surface area (Å²) in [6.45, 7) is 6.80. The van der Waals surface area contributed by atoms with Gasteiger partial charge in [0.05, 0.1) is 0 Å². The molecule has 0 spiro atoms. The highest BCUT2D eigenvalue weighted by molar-refractivity contribution is 4.92. The zero-order chi connectivity index (χ0) is 8.32. The van der Waals surface area contributed by atoms with E-state index in [9.17, 15) is 0 Å². The minimum Gasteiger partial charge on any atom is -0.309 e. The Labute approximate surface area is 70.6 Å². The van der Waals surface area contributed by atoms with Gasteiger partial charge in [-0.1, -0.05) is 33.6 Å². The third kappa shape index (κ3) is 2.19. The van der Waals surface area contributed by atoms with E-state index in [1.54, 1.807) is 0 Å². The molecule has 1 aliphatic rings. The first kappa shape index (κ1) is 9.05. The van der Waals surface area contributed by atoms with Crippen LogP contribution in [0.3, 0.4) is 0 Å². The SMILES string of the molecule is CCC1(NC(C)C)CCCC1. The first-order valence-corrected chi connectivity index (χ1v) is 4.96. The van der Waals surface area contributed by atoms with E-state index >= 15 is 0 Å². The van der Waals surface area contributed by atoms with Crippen molar-refractivity contribution in [3.05, 3.63) is 0 Å². The van der Waals surface area contributed by atoms with E-state index in [4.69, 9.17) is 0 Å². The summed E-state index contributed by atoms with van der Waals surface area (Å²) in [5, 5.41) is 3.70. The van der Waals surface area contributed by atoms with Crippen molar-refractivity contribution in [3.8, 4) is 0 Å². The summed E-state index contributed by atoms with van der Waals surface area (Å²) in [5.41, 5.74) is 0.508. The Hall–Kier alpha value is -0.0400. The van der Waals surface area contributed by atoms with Crippen LogP contribution in [-0.4, -0.2) is 11.6 Å². The molecule has 0 bridgehead atoms. The first-order chi connectivity index (χ1) is 5.18. The van der Waals surface area contributed by atoms with E-state index < -0.39 is 0 Å². The Morgan fingerprint density at radius 1 is 1.27 bits per heavy atom. The van der Waals surface area contributed by atoms with Crippen LogP contribution in [0, 0.1) is 0 Å². The number of hydrogen-bond donors (Lipinski definition) is 1. The van der Waals surface area contributed by atoms with Gasteiger partial charge in [0.25, 0.3) is 0 Å². The fraction of sp³-hybridized carbons (Fsp3) is 1.00. The van der Waals surface area contributed by atoms with Crippen molar-refractivity contribution in [1.29, 1.82) is 0 Å². The van der Waals surface area contributed by atoms with Gasteiger partial charge in [0, 0.05) is 11.6 Å². The zero-order valence-corrected chi connectivity index (χ0v) is 8.11. The van der Waals surface area contributed by atoms with Crippen molar-refractivity contribution < 1.29 is 0 Å². The van der Waals surface area contributed by atoms with Crippen LogP contribution < -0.4 is 5.32 Å². The van der Waals surface area contributed by atoms with Gasteiger partial charge >= 0.3 is 0 Å². The Kier molecular flexibility index (Phi) is 2.94. The van der Waals surface area contributed by atoms with E-state index in [-0.39, 0.29) is 0 Å². The first-order valence-electron chi connectivity index (χ1n) is 4.96. The predicted molar refractivity (Wildman–Crippen MR) is 49.8 cm³/mol. The van der Waals surface area contributed by atoms with Gasteiger partial charge in [-0.3, -0.25) is 0 Å². The molecule has 1 heteroatoms. The summed E-state index contributed by atoms with van der Waals surface area (Å²) in [6, 6.07) is 0.646. The summed E-state index contributed by atoms with van der Waals surface area (Å²) < 4.78 is 0. The standard InChI is InChI=1S/C10H21N/c1-4-10(11-9(2)3)7-5-6-8-10/h9,11H,4-8H2,1-3H3. The second-order valence-electron chi connectivity index (χ2n) is 4.14. The Balaban J connectivity index is 2.45. The summed E-state index contributed by atoms with van der Waals surface area (Å²) in [7, 11) is 0. The fourth-order valence-corrected chi connectivity index (χ4v) is 2.26. The summed E-state index contributed by atoms with van der Waals surface area (Å²) >= 11 is 0. The molecule has 0 aromatic carbocycles. The van der Waals surface area contributed by atoms with Crippen molar-refractivity contribution in [2.75, 3.05) is 0 Å². The largest absolute Gasteiger partial charge is 0.309 e. The molecule has 0 aromatic heterocycles. The molecule has 0 radical (unpaired) electrons. The molecule has 0 aromatic rings. The fourth-order valence-electron chi connectivity index (χ4n) is 2.26. The lowest BCUT2D eigenvalue weighted by Gasteiger charge is -2.31. The van der Waals surface area contributed by atoms with Crippen molar-refractivity contribution in [1.82, 2.24) is 5.32 Å². The van der Waals surface area contributed by atoms with Gasteiger partial charge in [-0.15, -0.1) is 0 Å². The van der Waals surface area contributed by atoms with Crippen LogP contribution in [0.5, 0.6) is 0 Å². The number of rotatable bonds is 3. The summed E-state index contributed by atoms with van der Waals surface area (Å²) in [5.74, 6) is 0. The molecule has 0 heterocycles. The average molecular weight is 155 g/mol. The molecule has 1 saturated carbocycles. The van der Waals surface area contributed by atoms with Crippen LogP contribution in [0.2, 0.25) is 0 Å². The molecule has 0 amide bonds. The van der Waals surface area contributed by atoms with E-state index in [0.717, 1.165) is 0 Å². The van der Waals surface area contributed by atoms with Gasteiger partial charge < -0.3 is 5.32 Å². The van der Waals surface area contributed by atoms with E-state index in [2.05, 4.69) is 26.1 Å². The maximum Gasteiger partial charge on any atom is 0.0181 e. The van der Waals surface area contributed by atoms with E-state index in [1.807, 2.05) is 0 Å². The Morgan fingerprint density at radius 2 is 1.82 bits per heavy atom. The molecule has 0 aliphatic heterocycles. The van der Waals surface area contributed by atoms with Crippen LogP contribution in [0.25, 0.3) is 0 Å². The van der Waals surface area contributed by atoms with Gasteiger partial charge in [0.15, 0.2) is 0 Å². The van der Waals surface area contributed by atoms with Crippen LogP contribution in [0.1, 0.15) is 52.9 Å². The van der Waals surface area contributed by atoms with Gasteiger partial charge in [0.1, 0.15) is 0 Å². The number of nitrogens with one attached hydrogen (secondary N) is 1. The highest BCUT2D eigenvalue weighted by Crippen LogP contribution is 2.32. The maximum atomic E-state index is 3.70. The average Bonchev–Trinajstić information content (AvgIpc) is 2.36. The lowest BCUT2D eigenvalue weighted by atomic mass is 9.93. The predicted octanol–water partition coefficient (Wildman–Crippen LogP) is 2.71. The lowest BCUT2D eigenvalue weighted by molar-refractivity contribution is 0.295. The minimum atomic E-state index is 0.508. The van der Waals surface area contributed by atoms with Crippen molar-refractivity contribution in [2.45, 2.75) is 64.5 Å². The molecule has 0 saturated heterocycles. The van der Waals surface area contributed by atoms with Gasteiger partial charge in [-0.05, 0) is 19.3 Å². The summed E-state index contributed by atoms with van der Waals surface area (Å²) in [6.07, 6.45) is 6.93. The molecule has 1 fully saturated rings. The highest BCUT2D eigenvalue weighted by Gasteiger charge is 2.31.